The van der Waals surface area contributed by atoms with Gasteiger partial charge in [0, 0.05) is 28.9 Å². The predicted molar refractivity (Wildman–Crippen MR) is 88.9 cm³/mol. The summed E-state index contributed by atoms with van der Waals surface area (Å²) in [6.07, 6.45) is 1.36. The summed E-state index contributed by atoms with van der Waals surface area (Å²) in [6.45, 7) is -2.65. The fourth-order valence-electron chi connectivity index (χ4n) is 2.17. The maximum atomic E-state index is 12.2. The highest BCUT2D eigenvalue weighted by atomic mass is 35.5. The Kier molecular flexibility index (Phi) is 5.04. The van der Waals surface area contributed by atoms with E-state index in [2.05, 4.69) is 14.8 Å². The summed E-state index contributed by atoms with van der Waals surface area (Å²) in [6, 6.07) is 12.9. The van der Waals surface area contributed by atoms with Crippen LogP contribution in [0.3, 0.4) is 0 Å². The van der Waals surface area contributed by atoms with E-state index in [4.69, 9.17) is 11.6 Å². The first kappa shape index (κ1) is 17.0. The van der Waals surface area contributed by atoms with Crippen LogP contribution in [0.4, 0.5) is 8.78 Å². The third kappa shape index (κ3) is 4.39. The molecule has 0 amide bonds. The van der Waals surface area contributed by atoms with E-state index in [1.807, 2.05) is 0 Å². The molecule has 0 spiro atoms. The Bertz CT molecular complexity index is 912. The van der Waals surface area contributed by atoms with Gasteiger partial charge in [0.15, 0.2) is 0 Å². The van der Waals surface area contributed by atoms with Crippen molar-refractivity contribution in [1.29, 1.82) is 0 Å². The fourth-order valence-corrected chi connectivity index (χ4v) is 2.30. The largest absolute Gasteiger partial charge is 0.417 e. The molecule has 0 aliphatic heterocycles. The van der Waals surface area contributed by atoms with Crippen molar-refractivity contribution in [1.82, 2.24) is 14.8 Å². The van der Waals surface area contributed by atoms with E-state index in [9.17, 15) is 13.6 Å². The van der Waals surface area contributed by atoms with Crippen LogP contribution in [0, 0.1) is 0 Å². The average molecular weight is 364 g/mol. The highest BCUT2D eigenvalue weighted by molar-refractivity contribution is 6.30. The molecule has 0 aliphatic carbocycles. The molecule has 0 fully saturated rings. The smallest absolute Gasteiger partial charge is 0.388 e. The molecule has 2 aromatic heterocycles. The Labute approximate surface area is 146 Å². The van der Waals surface area contributed by atoms with Crippen LogP contribution in [-0.2, 0) is 6.54 Å². The van der Waals surface area contributed by atoms with E-state index in [0.29, 0.717) is 16.3 Å². The van der Waals surface area contributed by atoms with Crippen LogP contribution in [-0.4, -0.2) is 21.4 Å². The topological polar surface area (TPSA) is 57.0 Å². The quantitative estimate of drug-likeness (QED) is 0.695. The van der Waals surface area contributed by atoms with Crippen molar-refractivity contribution in [2.24, 2.45) is 0 Å². The molecule has 0 atom stereocenters. The summed E-state index contributed by atoms with van der Waals surface area (Å²) < 4.78 is 29.8. The Morgan fingerprint density at radius 3 is 2.48 bits per heavy atom. The summed E-state index contributed by atoms with van der Waals surface area (Å²) in [5.41, 5.74) is 1.68. The Hall–Kier alpha value is -2.80. The molecule has 0 radical (unpaired) electrons. The van der Waals surface area contributed by atoms with Crippen molar-refractivity contribution in [3.63, 3.8) is 0 Å². The number of ether oxygens (including phenoxy) is 1. The van der Waals surface area contributed by atoms with Gasteiger partial charge in [-0.25, -0.2) is 9.67 Å². The minimum Gasteiger partial charge on any atom is -0.417 e. The first-order chi connectivity index (χ1) is 12.0. The van der Waals surface area contributed by atoms with Crippen molar-refractivity contribution in [3.8, 4) is 17.1 Å². The normalized spacial score (nSPS) is 10.9. The van der Waals surface area contributed by atoms with E-state index in [1.165, 1.54) is 23.0 Å². The van der Waals surface area contributed by atoms with Gasteiger partial charge in [-0.15, -0.1) is 0 Å². The Balaban J connectivity index is 1.85. The van der Waals surface area contributed by atoms with Crippen molar-refractivity contribution in [2.45, 2.75) is 13.2 Å². The molecular weight excluding hydrogens is 352 g/mol. The Morgan fingerprint density at radius 2 is 1.84 bits per heavy atom. The number of benzene rings is 1. The van der Waals surface area contributed by atoms with E-state index in [-0.39, 0.29) is 18.0 Å². The number of nitrogens with zero attached hydrogens (tertiary/aromatic N) is 3. The first-order valence-corrected chi connectivity index (χ1v) is 7.63. The van der Waals surface area contributed by atoms with E-state index in [0.717, 1.165) is 5.56 Å². The molecule has 0 unspecified atom stereocenters. The van der Waals surface area contributed by atoms with Crippen molar-refractivity contribution >= 4 is 11.6 Å². The van der Waals surface area contributed by atoms with Crippen molar-refractivity contribution in [3.05, 3.63) is 75.7 Å². The van der Waals surface area contributed by atoms with Gasteiger partial charge >= 0.3 is 6.61 Å². The van der Waals surface area contributed by atoms with E-state index in [1.54, 1.807) is 36.4 Å². The molecular formula is C17H12ClF2N3O2. The van der Waals surface area contributed by atoms with Crippen LogP contribution in [0.1, 0.15) is 5.56 Å². The number of aromatic nitrogens is 3. The number of alkyl halides is 2. The lowest BCUT2D eigenvalue weighted by Crippen LogP contribution is -2.22. The number of hydrogen-bond donors (Lipinski definition) is 0. The second-order valence-electron chi connectivity index (χ2n) is 5.10. The first-order valence-electron chi connectivity index (χ1n) is 7.25. The lowest BCUT2D eigenvalue weighted by atomic mass is 10.2. The SMILES string of the molecule is O=c1ccc(-c2ccc(OC(F)F)nc2)nn1Cc1ccc(Cl)cc1. The second kappa shape index (κ2) is 7.40. The van der Waals surface area contributed by atoms with Crippen LogP contribution in [0.15, 0.2) is 59.5 Å². The molecule has 8 heteroatoms. The number of hydrogen-bond acceptors (Lipinski definition) is 4. The Morgan fingerprint density at radius 1 is 1.08 bits per heavy atom. The van der Waals surface area contributed by atoms with Gasteiger partial charge in [-0.3, -0.25) is 4.79 Å². The molecule has 0 saturated carbocycles. The molecule has 0 saturated heterocycles. The zero-order chi connectivity index (χ0) is 17.8. The van der Waals surface area contributed by atoms with Crippen LogP contribution >= 0.6 is 11.6 Å². The maximum absolute atomic E-state index is 12.2. The highest BCUT2D eigenvalue weighted by Gasteiger charge is 2.08. The van der Waals surface area contributed by atoms with Gasteiger partial charge in [0.1, 0.15) is 0 Å². The van der Waals surface area contributed by atoms with Crippen LogP contribution < -0.4 is 10.3 Å². The lowest BCUT2D eigenvalue weighted by molar-refractivity contribution is -0.0528. The summed E-state index contributed by atoms with van der Waals surface area (Å²) in [5.74, 6) is -0.187. The minimum absolute atomic E-state index is 0.187. The highest BCUT2D eigenvalue weighted by Crippen LogP contribution is 2.18. The van der Waals surface area contributed by atoms with Crippen LogP contribution in [0.2, 0.25) is 5.02 Å². The molecule has 1 aromatic carbocycles. The third-order valence-corrected chi connectivity index (χ3v) is 3.61. The standard InChI is InChI=1S/C17H12ClF2N3O2/c18-13-4-1-11(2-5-13)10-23-16(24)8-6-14(22-23)12-3-7-15(21-9-12)25-17(19)20/h1-9,17H,10H2. The molecule has 3 aromatic rings. The zero-order valence-electron chi connectivity index (χ0n) is 12.8. The third-order valence-electron chi connectivity index (χ3n) is 3.35. The van der Waals surface area contributed by atoms with Crippen LogP contribution in [0.5, 0.6) is 5.88 Å². The van der Waals surface area contributed by atoms with Gasteiger partial charge < -0.3 is 4.74 Å². The van der Waals surface area contributed by atoms with E-state index >= 15 is 0 Å². The molecule has 0 bridgehead atoms. The van der Waals surface area contributed by atoms with Gasteiger partial charge in [-0.1, -0.05) is 23.7 Å². The molecule has 25 heavy (non-hydrogen) atoms. The maximum Gasteiger partial charge on any atom is 0.388 e. The van der Waals surface area contributed by atoms with Crippen molar-refractivity contribution < 1.29 is 13.5 Å². The zero-order valence-corrected chi connectivity index (χ0v) is 13.5. The summed E-state index contributed by atoms with van der Waals surface area (Å²) in [5, 5.41) is 4.90. The lowest BCUT2D eigenvalue weighted by Gasteiger charge is -2.08. The van der Waals surface area contributed by atoms with Gasteiger partial charge in [0.2, 0.25) is 5.88 Å². The predicted octanol–water partition coefficient (Wildman–Crippen LogP) is 3.61. The molecule has 0 aliphatic rings. The molecule has 5 nitrogen and oxygen atoms in total. The van der Waals surface area contributed by atoms with Gasteiger partial charge in [-0.2, -0.15) is 13.9 Å². The fraction of sp³-hybridized carbons (Fsp3) is 0.118. The molecule has 128 valence electrons. The summed E-state index contributed by atoms with van der Waals surface area (Å²) in [7, 11) is 0. The van der Waals surface area contributed by atoms with E-state index < -0.39 is 6.61 Å². The average Bonchev–Trinajstić information content (AvgIpc) is 2.59. The number of pyridine rings is 1. The molecule has 0 N–H and O–H groups in total. The second-order valence-corrected chi connectivity index (χ2v) is 5.54. The summed E-state index contributed by atoms with van der Waals surface area (Å²) >= 11 is 5.85. The summed E-state index contributed by atoms with van der Waals surface area (Å²) in [4.78, 5) is 15.8. The van der Waals surface area contributed by atoms with Gasteiger partial charge in [0.25, 0.3) is 5.56 Å². The number of rotatable bonds is 5. The van der Waals surface area contributed by atoms with Crippen LogP contribution in [0.25, 0.3) is 11.3 Å². The number of halogens is 3. The van der Waals surface area contributed by atoms with Crippen molar-refractivity contribution in [2.75, 3.05) is 0 Å². The minimum atomic E-state index is -2.93. The van der Waals surface area contributed by atoms with Gasteiger partial charge in [-0.05, 0) is 29.8 Å². The monoisotopic (exact) mass is 363 g/mol. The van der Waals surface area contributed by atoms with Gasteiger partial charge in [0.05, 0.1) is 12.2 Å². The molecule has 2 heterocycles. The molecule has 3 rings (SSSR count).